The molecule has 0 fully saturated rings. The van der Waals surface area contributed by atoms with Crippen molar-refractivity contribution in [1.29, 1.82) is 0 Å². The maximum Gasteiger partial charge on any atom is 0.323 e. The molecule has 0 atom stereocenters. The predicted octanol–water partition coefficient (Wildman–Crippen LogP) is 5.25. The Balaban J connectivity index is 1.45. The number of benzene rings is 2. The van der Waals surface area contributed by atoms with Gasteiger partial charge in [-0.3, -0.25) is 4.79 Å². The first-order chi connectivity index (χ1) is 14.5. The number of halogens is 1. The summed E-state index contributed by atoms with van der Waals surface area (Å²) in [5.41, 5.74) is 3.35. The molecule has 0 saturated carbocycles. The van der Waals surface area contributed by atoms with Crippen LogP contribution in [0.25, 0.3) is 0 Å². The van der Waals surface area contributed by atoms with E-state index < -0.39 is 6.03 Å². The van der Waals surface area contributed by atoms with E-state index in [1.807, 2.05) is 40.6 Å². The summed E-state index contributed by atoms with van der Waals surface area (Å²) in [7, 11) is 1.53. The zero-order chi connectivity index (χ0) is 21.1. The standard InChI is InChI=1S/C22H20ClN3O3S/c1-29-19-7-5-16(23)12-18(19)25-22(28)24-17-6-4-14-8-9-26(13-15(14)11-17)21(27)20-3-2-10-30-20/h2-7,10-12H,8-9,13H2,1H3,(H2,24,25,28). The molecule has 1 aliphatic heterocycles. The van der Waals surface area contributed by atoms with Crippen molar-refractivity contribution < 1.29 is 14.3 Å². The number of amides is 3. The van der Waals surface area contributed by atoms with Crippen LogP contribution in [-0.2, 0) is 13.0 Å². The highest BCUT2D eigenvalue weighted by Crippen LogP contribution is 2.28. The van der Waals surface area contributed by atoms with Gasteiger partial charge in [-0.15, -0.1) is 11.3 Å². The van der Waals surface area contributed by atoms with Crippen molar-refractivity contribution in [1.82, 2.24) is 4.90 Å². The van der Waals surface area contributed by atoms with Crippen LogP contribution in [0.15, 0.2) is 53.9 Å². The molecule has 1 aromatic heterocycles. The Morgan fingerprint density at radius 1 is 1.10 bits per heavy atom. The largest absolute Gasteiger partial charge is 0.495 e. The normalized spacial score (nSPS) is 12.8. The molecule has 8 heteroatoms. The topological polar surface area (TPSA) is 70.7 Å². The quantitative estimate of drug-likeness (QED) is 0.580. The van der Waals surface area contributed by atoms with Gasteiger partial charge in [0.25, 0.3) is 5.91 Å². The molecule has 0 spiro atoms. The van der Waals surface area contributed by atoms with Gasteiger partial charge in [0.2, 0.25) is 0 Å². The fourth-order valence-corrected chi connectivity index (χ4v) is 4.29. The van der Waals surface area contributed by atoms with Gasteiger partial charge in [-0.2, -0.15) is 0 Å². The molecule has 0 radical (unpaired) electrons. The average molecular weight is 442 g/mol. The van der Waals surface area contributed by atoms with E-state index in [1.54, 1.807) is 18.2 Å². The minimum absolute atomic E-state index is 0.0415. The van der Waals surface area contributed by atoms with Crippen molar-refractivity contribution >= 4 is 46.3 Å². The molecule has 0 aliphatic carbocycles. The molecule has 0 unspecified atom stereocenters. The summed E-state index contributed by atoms with van der Waals surface area (Å²) in [5.74, 6) is 0.558. The molecule has 2 N–H and O–H groups in total. The van der Waals surface area contributed by atoms with Gasteiger partial charge in [0.05, 0.1) is 17.7 Å². The number of nitrogens with one attached hydrogen (secondary N) is 2. The minimum atomic E-state index is -0.405. The summed E-state index contributed by atoms with van der Waals surface area (Å²) in [4.78, 5) is 27.7. The lowest BCUT2D eigenvalue weighted by atomic mass is 9.99. The second kappa shape index (κ2) is 8.77. The lowest BCUT2D eigenvalue weighted by Crippen LogP contribution is -2.35. The van der Waals surface area contributed by atoms with Crippen LogP contribution in [0.4, 0.5) is 16.2 Å². The predicted molar refractivity (Wildman–Crippen MR) is 120 cm³/mol. The SMILES string of the molecule is COc1ccc(Cl)cc1NC(=O)Nc1ccc2c(c1)CN(C(=O)c1cccs1)CC2. The van der Waals surface area contributed by atoms with E-state index in [2.05, 4.69) is 10.6 Å². The summed E-state index contributed by atoms with van der Waals surface area (Å²) in [6, 6.07) is 14.1. The smallest absolute Gasteiger partial charge is 0.323 e. The first-order valence-corrected chi connectivity index (χ1v) is 10.7. The summed E-state index contributed by atoms with van der Waals surface area (Å²) < 4.78 is 5.25. The highest BCUT2D eigenvalue weighted by Gasteiger charge is 2.22. The van der Waals surface area contributed by atoms with Crippen LogP contribution in [-0.4, -0.2) is 30.5 Å². The maximum atomic E-state index is 12.7. The molecule has 154 valence electrons. The molecule has 4 rings (SSSR count). The van der Waals surface area contributed by atoms with Crippen molar-refractivity contribution in [2.24, 2.45) is 0 Å². The fourth-order valence-electron chi connectivity index (χ4n) is 3.43. The van der Waals surface area contributed by atoms with E-state index in [1.165, 1.54) is 24.0 Å². The number of anilines is 2. The van der Waals surface area contributed by atoms with Crippen molar-refractivity contribution in [3.63, 3.8) is 0 Å². The van der Waals surface area contributed by atoms with Crippen LogP contribution >= 0.6 is 22.9 Å². The van der Waals surface area contributed by atoms with Gasteiger partial charge in [-0.1, -0.05) is 23.7 Å². The monoisotopic (exact) mass is 441 g/mol. The molecule has 3 amide bonds. The number of methoxy groups -OCH3 is 1. The maximum absolute atomic E-state index is 12.7. The van der Waals surface area contributed by atoms with Gasteiger partial charge in [0.1, 0.15) is 5.75 Å². The van der Waals surface area contributed by atoms with Crippen molar-refractivity contribution in [2.45, 2.75) is 13.0 Å². The van der Waals surface area contributed by atoms with Crippen LogP contribution in [0.2, 0.25) is 5.02 Å². The van der Waals surface area contributed by atoms with E-state index in [0.717, 1.165) is 16.9 Å². The lowest BCUT2D eigenvalue weighted by Gasteiger charge is -2.29. The number of ether oxygens (including phenoxy) is 1. The Morgan fingerprint density at radius 2 is 1.97 bits per heavy atom. The molecular weight excluding hydrogens is 422 g/mol. The number of urea groups is 1. The molecule has 2 heterocycles. The summed E-state index contributed by atoms with van der Waals surface area (Å²) in [5, 5.41) is 7.99. The first-order valence-electron chi connectivity index (χ1n) is 9.39. The second-order valence-electron chi connectivity index (χ2n) is 6.86. The minimum Gasteiger partial charge on any atom is -0.495 e. The van der Waals surface area contributed by atoms with E-state index in [4.69, 9.17) is 16.3 Å². The molecule has 0 saturated heterocycles. The summed E-state index contributed by atoms with van der Waals surface area (Å²) >= 11 is 7.46. The molecular formula is C22H20ClN3O3S. The highest BCUT2D eigenvalue weighted by molar-refractivity contribution is 7.12. The first kappa shape index (κ1) is 20.3. The van der Waals surface area contributed by atoms with Crippen LogP contribution in [0, 0.1) is 0 Å². The Morgan fingerprint density at radius 3 is 2.73 bits per heavy atom. The van der Waals surface area contributed by atoms with Crippen LogP contribution in [0.1, 0.15) is 20.8 Å². The average Bonchev–Trinajstić information content (AvgIpc) is 3.27. The summed E-state index contributed by atoms with van der Waals surface area (Å²) in [6.07, 6.45) is 0.790. The number of hydrogen-bond acceptors (Lipinski definition) is 4. The third-order valence-corrected chi connectivity index (χ3v) is 6.00. The lowest BCUT2D eigenvalue weighted by molar-refractivity contribution is 0.0739. The van der Waals surface area contributed by atoms with Gasteiger partial charge < -0.3 is 20.3 Å². The third kappa shape index (κ3) is 4.42. The number of rotatable bonds is 4. The van der Waals surface area contributed by atoms with Gasteiger partial charge in [-0.05, 0) is 59.3 Å². The summed E-state index contributed by atoms with van der Waals surface area (Å²) in [6.45, 7) is 1.21. The van der Waals surface area contributed by atoms with Crippen LogP contribution in [0.3, 0.4) is 0 Å². The molecule has 6 nitrogen and oxygen atoms in total. The van der Waals surface area contributed by atoms with Crippen LogP contribution in [0.5, 0.6) is 5.75 Å². The van der Waals surface area contributed by atoms with E-state index in [-0.39, 0.29) is 5.91 Å². The third-order valence-electron chi connectivity index (χ3n) is 4.91. The van der Waals surface area contributed by atoms with Gasteiger partial charge in [0.15, 0.2) is 0 Å². The number of fused-ring (bicyclic) bond motifs is 1. The van der Waals surface area contributed by atoms with Gasteiger partial charge in [-0.25, -0.2) is 4.79 Å². The van der Waals surface area contributed by atoms with Crippen LogP contribution < -0.4 is 15.4 Å². The number of thiophene rings is 1. The Kier molecular flexibility index (Phi) is 5.92. The highest BCUT2D eigenvalue weighted by atomic mass is 35.5. The Hall–Kier alpha value is -3.03. The van der Waals surface area contributed by atoms with Crippen molar-refractivity contribution in [2.75, 3.05) is 24.3 Å². The van der Waals surface area contributed by atoms with E-state index in [0.29, 0.717) is 35.2 Å². The van der Waals surface area contributed by atoms with Crippen molar-refractivity contribution in [3.05, 3.63) is 74.9 Å². The number of carbonyl (C=O) groups is 2. The van der Waals surface area contributed by atoms with Crippen molar-refractivity contribution in [3.8, 4) is 5.75 Å². The molecule has 3 aromatic rings. The number of nitrogens with zero attached hydrogens (tertiary/aromatic N) is 1. The van der Waals surface area contributed by atoms with Gasteiger partial charge in [0, 0.05) is 23.8 Å². The van der Waals surface area contributed by atoms with E-state index >= 15 is 0 Å². The number of carbonyl (C=O) groups excluding carboxylic acids is 2. The Labute approximate surface area is 183 Å². The zero-order valence-electron chi connectivity index (χ0n) is 16.3. The second-order valence-corrected chi connectivity index (χ2v) is 8.25. The van der Waals surface area contributed by atoms with E-state index in [9.17, 15) is 9.59 Å². The fraction of sp³-hybridized carbons (Fsp3) is 0.182. The molecule has 2 aromatic carbocycles. The Bertz CT molecular complexity index is 1090. The molecule has 30 heavy (non-hydrogen) atoms. The number of hydrogen-bond donors (Lipinski definition) is 2. The molecule has 0 bridgehead atoms. The molecule has 1 aliphatic rings. The zero-order valence-corrected chi connectivity index (χ0v) is 17.8. The van der Waals surface area contributed by atoms with Gasteiger partial charge >= 0.3 is 6.03 Å².